The monoisotopic (exact) mass is 298 g/mol. The molecule has 0 bridgehead atoms. The van der Waals surface area contributed by atoms with Gasteiger partial charge in [-0.1, -0.05) is 0 Å². The zero-order valence-corrected chi connectivity index (χ0v) is 15.6. The van der Waals surface area contributed by atoms with Gasteiger partial charge in [-0.2, -0.15) is 0 Å². The molecule has 0 fully saturated rings. The Balaban J connectivity index is 4.61. The molecule has 0 aromatic heterocycles. The first-order valence-electron chi connectivity index (χ1n) is 5.94. The summed E-state index contributed by atoms with van der Waals surface area (Å²) in [5.74, 6) is 0.701. The van der Waals surface area contributed by atoms with Crippen molar-refractivity contribution < 1.29 is 8.23 Å². The molecule has 0 rings (SSSR count). The molecule has 6 heteroatoms. The van der Waals surface area contributed by atoms with E-state index in [0.29, 0.717) is 5.88 Å². The number of hydrogen-bond acceptors (Lipinski definition) is 2. The molecule has 0 aliphatic carbocycles. The van der Waals surface area contributed by atoms with Crippen LogP contribution in [0.1, 0.15) is 6.42 Å². The zero-order chi connectivity index (χ0) is 13.0. The smallest absolute Gasteiger partial charge is 0.314 e. The van der Waals surface area contributed by atoms with Gasteiger partial charge in [0, 0.05) is 5.88 Å². The van der Waals surface area contributed by atoms with E-state index in [1.165, 1.54) is 0 Å². The molecule has 0 N–H and O–H groups in total. The van der Waals surface area contributed by atoms with Gasteiger partial charge in [0.2, 0.25) is 0 Å². The molecular formula is C10H27ClO2Si3. The van der Waals surface area contributed by atoms with Gasteiger partial charge in [-0.15, -0.1) is 11.6 Å². The second-order valence-electron chi connectivity index (χ2n) is 6.36. The number of alkyl halides is 1. The van der Waals surface area contributed by atoms with Gasteiger partial charge in [0.1, 0.15) is 0 Å². The molecule has 0 aliphatic rings. The van der Waals surface area contributed by atoms with Gasteiger partial charge in [-0.05, 0) is 58.3 Å². The second kappa shape index (κ2) is 6.15. The van der Waals surface area contributed by atoms with Crippen LogP contribution < -0.4 is 0 Å². The van der Waals surface area contributed by atoms with Gasteiger partial charge in [0.25, 0.3) is 0 Å². The minimum atomic E-state index is -2.00. The summed E-state index contributed by atoms with van der Waals surface area (Å²) >= 11 is 5.78. The molecule has 16 heavy (non-hydrogen) atoms. The normalized spacial score (nSPS) is 14.2. The third kappa shape index (κ3) is 8.95. The Morgan fingerprint density at radius 3 is 1.44 bits per heavy atom. The minimum absolute atomic E-state index is 0.701. The highest BCUT2D eigenvalue weighted by molar-refractivity contribution is 6.87. The van der Waals surface area contributed by atoms with Gasteiger partial charge in [-0.3, -0.25) is 0 Å². The van der Waals surface area contributed by atoms with Crippen molar-refractivity contribution in [3.05, 3.63) is 0 Å². The lowest BCUT2D eigenvalue weighted by Crippen LogP contribution is -2.52. The topological polar surface area (TPSA) is 18.5 Å². The van der Waals surface area contributed by atoms with E-state index in [0.717, 1.165) is 12.5 Å². The van der Waals surface area contributed by atoms with Crippen LogP contribution in [0.25, 0.3) is 0 Å². The molecule has 0 aromatic rings. The Morgan fingerprint density at radius 2 is 1.19 bits per heavy atom. The van der Waals surface area contributed by atoms with Crippen molar-refractivity contribution in [1.29, 1.82) is 0 Å². The summed E-state index contributed by atoms with van der Waals surface area (Å²) in [5, 5.41) is 0. The maximum absolute atomic E-state index is 6.34. The Hall–Kier alpha value is 0.861. The largest absolute Gasteiger partial charge is 0.437 e. The Morgan fingerprint density at radius 1 is 0.812 bits per heavy atom. The molecule has 0 atom stereocenters. The zero-order valence-electron chi connectivity index (χ0n) is 11.8. The van der Waals surface area contributed by atoms with Crippen LogP contribution in [0.5, 0.6) is 0 Å². The fourth-order valence-corrected chi connectivity index (χ4v) is 14.7. The third-order valence-corrected chi connectivity index (χ3v) is 11.7. The second-order valence-corrected chi connectivity index (χ2v) is 19.6. The summed E-state index contributed by atoms with van der Waals surface area (Å²) in [5.41, 5.74) is 0. The van der Waals surface area contributed by atoms with Crippen molar-refractivity contribution in [2.45, 2.75) is 58.3 Å². The van der Waals surface area contributed by atoms with Gasteiger partial charge >= 0.3 is 8.56 Å². The van der Waals surface area contributed by atoms with Crippen LogP contribution in [0, 0.1) is 0 Å². The summed E-state index contributed by atoms with van der Waals surface area (Å²) in [6.45, 7) is 15.6. The Bertz CT molecular complexity index is 195. The molecule has 0 radical (unpaired) electrons. The Labute approximate surface area is 109 Å². The van der Waals surface area contributed by atoms with Crippen molar-refractivity contribution in [2.24, 2.45) is 0 Å². The van der Waals surface area contributed by atoms with Gasteiger partial charge in [0.15, 0.2) is 16.6 Å². The van der Waals surface area contributed by atoms with Crippen LogP contribution in [-0.2, 0) is 8.23 Å². The highest BCUT2D eigenvalue weighted by atomic mass is 35.5. The third-order valence-electron chi connectivity index (χ3n) is 1.81. The van der Waals surface area contributed by atoms with Crippen LogP contribution >= 0.6 is 11.6 Å². The van der Waals surface area contributed by atoms with Gasteiger partial charge < -0.3 is 8.23 Å². The fourth-order valence-electron chi connectivity index (χ4n) is 1.81. The highest BCUT2D eigenvalue weighted by Gasteiger charge is 2.39. The number of halogens is 1. The Kier molecular flexibility index (Phi) is 6.48. The predicted octanol–water partition coefficient (Wildman–Crippen LogP) is 4.39. The average Bonchev–Trinajstić information content (AvgIpc) is 1.93. The molecule has 0 saturated heterocycles. The fraction of sp³-hybridized carbons (Fsp3) is 1.00. The molecule has 0 unspecified atom stereocenters. The van der Waals surface area contributed by atoms with Crippen molar-refractivity contribution in [3.8, 4) is 0 Å². The summed E-state index contributed by atoms with van der Waals surface area (Å²) in [7, 11) is -5.06. The molecule has 0 heterocycles. The van der Waals surface area contributed by atoms with E-state index >= 15 is 0 Å². The molecule has 2 nitrogen and oxygen atoms in total. The first kappa shape index (κ1) is 16.9. The van der Waals surface area contributed by atoms with Crippen LogP contribution in [0.3, 0.4) is 0 Å². The highest BCUT2D eigenvalue weighted by Crippen LogP contribution is 2.25. The van der Waals surface area contributed by atoms with E-state index in [4.69, 9.17) is 19.8 Å². The quantitative estimate of drug-likeness (QED) is 0.513. The van der Waals surface area contributed by atoms with Gasteiger partial charge in [-0.25, -0.2) is 0 Å². The molecule has 0 amide bonds. The van der Waals surface area contributed by atoms with E-state index < -0.39 is 25.2 Å². The van der Waals surface area contributed by atoms with E-state index in [1.807, 2.05) is 0 Å². The summed E-state index contributed by atoms with van der Waals surface area (Å²) in [6, 6.07) is 1.02. The molecule has 98 valence electrons. The lowest BCUT2D eigenvalue weighted by atomic mass is 10.6. The van der Waals surface area contributed by atoms with E-state index in [2.05, 4.69) is 45.8 Å². The lowest BCUT2D eigenvalue weighted by molar-refractivity contribution is 0.383. The van der Waals surface area contributed by atoms with Gasteiger partial charge in [0.05, 0.1) is 0 Å². The van der Waals surface area contributed by atoms with Crippen molar-refractivity contribution in [2.75, 3.05) is 5.88 Å². The standard InChI is InChI=1S/C10H27ClO2Si3/c1-14(2,3)12-16(7,10-8-9-11)13-15(4,5)6/h8-10H2,1-7H3. The molecule has 0 aromatic carbocycles. The predicted molar refractivity (Wildman–Crippen MR) is 80.6 cm³/mol. The number of rotatable bonds is 7. The van der Waals surface area contributed by atoms with Crippen LogP contribution in [0.15, 0.2) is 0 Å². The van der Waals surface area contributed by atoms with Crippen molar-refractivity contribution >= 4 is 36.8 Å². The summed E-state index contributed by atoms with van der Waals surface area (Å²) in [6.07, 6.45) is 0.999. The van der Waals surface area contributed by atoms with Crippen molar-refractivity contribution in [3.63, 3.8) is 0 Å². The lowest BCUT2D eigenvalue weighted by Gasteiger charge is -2.38. The summed E-state index contributed by atoms with van der Waals surface area (Å²) in [4.78, 5) is 0. The maximum atomic E-state index is 6.34. The average molecular weight is 299 g/mol. The molecule has 0 spiro atoms. The molecule has 0 saturated carbocycles. The van der Waals surface area contributed by atoms with Crippen LogP contribution in [0.2, 0.25) is 51.9 Å². The van der Waals surface area contributed by atoms with E-state index in [-0.39, 0.29) is 0 Å². The van der Waals surface area contributed by atoms with Crippen LogP contribution in [-0.4, -0.2) is 31.1 Å². The number of hydrogen-bond donors (Lipinski definition) is 0. The first-order chi connectivity index (χ1) is 6.97. The van der Waals surface area contributed by atoms with E-state index in [9.17, 15) is 0 Å². The molecular weight excluding hydrogens is 272 g/mol. The van der Waals surface area contributed by atoms with Crippen LogP contribution in [0.4, 0.5) is 0 Å². The summed E-state index contributed by atoms with van der Waals surface area (Å²) < 4.78 is 12.7. The van der Waals surface area contributed by atoms with Crippen molar-refractivity contribution in [1.82, 2.24) is 0 Å². The molecule has 0 aliphatic heterocycles. The minimum Gasteiger partial charge on any atom is -0.437 e. The maximum Gasteiger partial charge on any atom is 0.314 e. The SMILES string of the molecule is C[Si](C)(C)O[Si](C)(CCCCl)O[Si](C)(C)C. The van der Waals surface area contributed by atoms with E-state index in [1.54, 1.807) is 0 Å². The first-order valence-corrected chi connectivity index (χ1v) is 15.8.